The predicted molar refractivity (Wildman–Crippen MR) is 72.1 cm³/mol. The van der Waals surface area contributed by atoms with Crippen LogP contribution in [0.15, 0.2) is 24.3 Å². The second-order valence-electron chi connectivity index (χ2n) is 4.77. The van der Waals surface area contributed by atoms with E-state index in [1.165, 1.54) is 5.56 Å². The summed E-state index contributed by atoms with van der Waals surface area (Å²) in [5, 5.41) is 0. The number of nitrogens with zero attached hydrogens (tertiary/aromatic N) is 1. The molecular formula is C14H24N2O. The summed E-state index contributed by atoms with van der Waals surface area (Å²) in [6, 6.07) is 8.53. The lowest BCUT2D eigenvalue weighted by Crippen LogP contribution is -2.41. The number of para-hydroxylation sites is 1. The molecule has 0 aromatic heterocycles. The Labute approximate surface area is 105 Å². The molecule has 0 saturated carbocycles. The Bertz CT molecular complexity index is 339. The lowest BCUT2D eigenvalue weighted by Gasteiger charge is -2.30. The van der Waals surface area contributed by atoms with Crippen molar-refractivity contribution in [3.05, 3.63) is 29.8 Å². The molecule has 0 saturated heterocycles. The van der Waals surface area contributed by atoms with Crippen LogP contribution in [0.1, 0.15) is 19.4 Å². The minimum atomic E-state index is 0.403. The predicted octanol–water partition coefficient (Wildman–Crippen LogP) is 2.11. The van der Waals surface area contributed by atoms with Crippen molar-refractivity contribution in [1.29, 1.82) is 0 Å². The number of hydrogen-bond acceptors (Lipinski definition) is 3. The fourth-order valence-electron chi connectivity index (χ4n) is 2.18. The summed E-state index contributed by atoms with van der Waals surface area (Å²) in [5.74, 6) is 1.50. The largest absolute Gasteiger partial charge is 0.496 e. The van der Waals surface area contributed by atoms with E-state index >= 15 is 0 Å². The SMILES string of the molecule is COc1ccccc1CN(C)C(CN)C(C)C. The molecule has 3 nitrogen and oxygen atoms in total. The van der Waals surface area contributed by atoms with E-state index in [1.807, 2.05) is 18.2 Å². The van der Waals surface area contributed by atoms with Crippen LogP contribution in [0.25, 0.3) is 0 Å². The summed E-state index contributed by atoms with van der Waals surface area (Å²) >= 11 is 0. The number of hydrogen-bond donors (Lipinski definition) is 1. The summed E-state index contributed by atoms with van der Waals surface area (Å²) in [5.41, 5.74) is 7.03. The van der Waals surface area contributed by atoms with Crippen molar-refractivity contribution < 1.29 is 4.74 Å². The maximum Gasteiger partial charge on any atom is 0.123 e. The number of rotatable bonds is 6. The van der Waals surface area contributed by atoms with Gasteiger partial charge in [0.2, 0.25) is 0 Å². The Balaban J connectivity index is 2.76. The standard InChI is InChI=1S/C14H24N2O/c1-11(2)13(9-15)16(3)10-12-7-5-6-8-14(12)17-4/h5-8,11,13H,9-10,15H2,1-4H3. The lowest BCUT2D eigenvalue weighted by molar-refractivity contribution is 0.188. The molecule has 1 unspecified atom stereocenters. The van der Waals surface area contributed by atoms with Gasteiger partial charge in [-0.2, -0.15) is 0 Å². The van der Waals surface area contributed by atoms with E-state index in [-0.39, 0.29) is 0 Å². The molecule has 0 fully saturated rings. The third-order valence-electron chi connectivity index (χ3n) is 3.19. The van der Waals surface area contributed by atoms with Gasteiger partial charge in [-0.05, 0) is 19.0 Å². The maximum atomic E-state index is 5.83. The summed E-state index contributed by atoms with van der Waals surface area (Å²) in [6.45, 7) is 5.96. The number of benzene rings is 1. The average molecular weight is 236 g/mol. The first-order chi connectivity index (χ1) is 8.10. The molecule has 96 valence electrons. The number of nitrogens with two attached hydrogens (primary N) is 1. The molecule has 0 heterocycles. The van der Waals surface area contributed by atoms with Gasteiger partial charge in [0.25, 0.3) is 0 Å². The van der Waals surface area contributed by atoms with Crippen molar-refractivity contribution in [2.75, 3.05) is 20.7 Å². The molecule has 0 aliphatic heterocycles. The van der Waals surface area contributed by atoms with E-state index in [0.717, 1.165) is 12.3 Å². The number of methoxy groups -OCH3 is 1. The zero-order chi connectivity index (χ0) is 12.8. The molecule has 0 bridgehead atoms. The fraction of sp³-hybridized carbons (Fsp3) is 0.571. The zero-order valence-corrected chi connectivity index (χ0v) is 11.3. The average Bonchev–Trinajstić information content (AvgIpc) is 2.30. The van der Waals surface area contributed by atoms with Gasteiger partial charge in [-0.15, -0.1) is 0 Å². The quantitative estimate of drug-likeness (QED) is 0.822. The molecule has 1 rings (SSSR count). The number of likely N-dealkylation sites (N-methyl/N-ethyl adjacent to an activating group) is 1. The summed E-state index contributed by atoms with van der Waals surface area (Å²) in [4.78, 5) is 2.29. The molecule has 1 aromatic rings. The minimum absolute atomic E-state index is 0.403. The molecule has 0 radical (unpaired) electrons. The van der Waals surface area contributed by atoms with Crippen LogP contribution in [0.2, 0.25) is 0 Å². The Morgan fingerprint density at radius 3 is 2.47 bits per heavy atom. The van der Waals surface area contributed by atoms with Gasteiger partial charge in [0.05, 0.1) is 7.11 Å². The van der Waals surface area contributed by atoms with Crippen molar-refractivity contribution in [3.8, 4) is 5.75 Å². The molecule has 1 atom stereocenters. The second-order valence-corrected chi connectivity index (χ2v) is 4.77. The minimum Gasteiger partial charge on any atom is -0.496 e. The van der Waals surface area contributed by atoms with Crippen LogP contribution in [0.4, 0.5) is 0 Å². The van der Waals surface area contributed by atoms with Crippen LogP contribution in [-0.4, -0.2) is 31.6 Å². The summed E-state index contributed by atoms with van der Waals surface area (Å²) in [7, 11) is 3.83. The van der Waals surface area contributed by atoms with Crippen LogP contribution in [0.3, 0.4) is 0 Å². The zero-order valence-electron chi connectivity index (χ0n) is 11.3. The van der Waals surface area contributed by atoms with Crippen LogP contribution in [-0.2, 0) is 6.54 Å². The molecule has 0 aliphatic rings. The van der Waals surface area contributed by atoms with E-state index < -0.39 is 0 Å². The molecule has 0 spiro atoms. The Morgan fingerprint density at radius 2 is 1.94 bits per heavy atom. The third-order valence-corrected chi connectivity index (χ3v) is 3.19. The van der Waals surface area contributed by atoms with E-state index in [2.05, 4.69) is 31.9 Å². The molecule has 17 heavy (non-hydrogen) atoms. The van der Waals surface area contributed by atoms with Crippen molar-refractivity contribution in [2.24, 2.45) is 11.7 Å². The first-order valence-electron chi connectivity index (χ1n) is 6.12. The Hall–Kier alpha value is -1.06. The number of ether oxygens (including phenoxy) is 1. The van der Waals surface area contributed by atoms with Gasteiger partial charge in [0, 0.05) is 24.7 Å². The fourth-order valence-corrected chi connectivity index (χ4v) is 2.18. The molecule has 2 N–H and O–H groups in total. The third kappa shape index (κ3) is 3.72. The highest BCUT2D eigenvalue weighted by Gasteiger charge is 2.17. The Morgan fingerprint density at radius 1 is 1.29 bits per heavy atom. The van der Waals surface area contributed by atoms with Crippen molar-refractivity contribution in [1.82, 2.24) is 4.90 Å². The van der Waals surface area contributed by atoms with Gasteiger partial charge in [0.15, 0.2) is 0 Å². The van der Waals surface area contributed by atoms with E-state index in [1.54, 1.807) is 7.11 Å². The summed E-state index contributed by atoms with van der Waals surface area (Å²) < 4.78 is 5.36. The highest BCUT2D eigenvalue weighted by molar-refractivity contribution is 5.33. The lowest BCUT2D eigenvalue weighted by atomic mass is 10.0. The van der Waals surface area contributed by atoms with Gasteiger partial charge in [-0.1, -0.05) is 32.0 Å². The molecule has 0 amide bonds. The van der Waals surface area contributed by atoms with Crippen LogP contribution in [0, 0.1) is 5.92 Å². The van der Waals surface area contributed by atoms with E-state index in [9.17, 15) is 0 Å². The van der Waals surface area contributed by atoms with E-state index in [0.29, 0.717) is 18.5 Å². The van der Waals surface area contributed by atoms with Crippen LogP contribution < -0.4 is 10.5 Å². The second kappa shape index (κ2) is 6.62. The van der Waals surface area contributed by atoms with Crippen molar-refractivity contribution in [3.63, 3.8) is 0 Å². The molecular weight excluding hydrogens is 212 g/mol. The van der Waals surface area contributed by atoms with Gasteiger partial charge < -0.3 is 10.5 Å². The highest BCUT2D eigenvalue weighted by Crippen LogP contribution is 2.20. The first kappa shape index (κ1) is 14.0. The first-order valence-corrected chi connectivity index (χ1v) is 6.12. The van der Waals surface area contributed by atoms with Gasteiger partial charge in [0.1, 0.15) is 5.75 Å². The van der Waals surface area contributed by atoms with Crippen molar-refractivity contribution >= 4 is 0 Å². The van der Waals surface area contributed by atoms with Crippen molar-refractivity contribution in [2.45, 2.75) is 26.4 Å². The van der Waals surface area contributed by atoms with Crippen LogP contribution in [0.5, 0.6) is 5.75 Å². The highest BCUT2D eigenvalue weighted by atomic mass is 16.5. The molecule has 1 aromatic carbocycles. The normalized spacial score (nSPS) is 13.1. The topological polar surface area (TPSA) is 38.5 Å². The summed E-state index contributed by atoms with van der Waals surface area (Å²) in [6.07, 6.45) is 0. The monoisotopic (exact) mass is 236 g/mol. The molecule has 3 heteroatoms. The maximum absolute atomic E-state index is 5.83. The smallest absolute Gasteiger partial charge is 0.123 e. The van der Waals surface area contributed by atoms with Gasteiger partial charge in [-0.25, -0.2) is 0 Å². The van der Waals surface area contributed by atoms with Gasteiger partial charge in [-0.3, -0.25) is 4.90 Å². The van der Waals surface area contributed by atoms with Gasteiger partial charge >= 0.3 is 0 Å². The Kier molecular flexibility index (Phi) is 5.45. The van der Waals surface area contributed by atoms with E-state index in [4.69, 9.17) is 10.5 Å². The van der Waals surface area contributed by atoms with Crippen LogP contribution >= 0.6 is 0 Å². The molecule has 0 aliphatic carbocycles.